The van der Waals surface area contributed by atoms with Gasteiger partial charge in [-0.25, -0.2) is 4.98 Å². The van der Waals surface area contributed by atoms with Crippen LogP contribution in [0.15, 0.2) is 58.5 Å². The normalized spacial score (nSPS) is 20.4. The van der Waals surface area contributed by atoms with Gasteiger partial charge in [0.15, 0.2) is 5.16 Å². The van der Waals surface area contributed by atoms with Crippen molar-refractivity contribution in [3.63, 3.8) is 0 Å². The van der Waals surface area contributed by atoms with Crippen molar-refractivity contribution in [1.82, 2.24) is 9.55 Å². The second-order valence-corrected chi connectivity index (χ2v) is 9.14. The largest absolute Gasteiger partial charge is 0.376 e. The van der Waals surface area contributed by atoms with Crippen LogP contribution in [0.3, 0.4) is 0 Å². The number of para-hydroxylation sites is 2. The Hall–Kier alpha value is -2.64. The molecule has 0 radical (unpaired) electrons. The summed E-state index contributed by atoms with van der Waals surface area (Å²) in [4.78, 5) is 33.0. The lowest BCUT2D eigenvalue weighted by Gasteiger charge is -2.23. The number of fused-ring (bicyclic) bond motifs is 2. The summed E-state index contributed by atoms with van der Waals surface area (Å²) >= 11 is 1.34. The predicted molar refractivity (Wildman–Crippen MR) is 123 cm³/mol. The molecule has 0 bridgehead atoms. The number of carbonyl (C=O) groups excluding carboxylic acids is 1. The molecule has 3 heterocycles. The number of benzene rings is 2. The molecular weight excluding hydrogens is 410 g/mol. The van der Waals surface area contributed by atoms with Crippen LogP contribution in [0.1, 0.15) is 25.3 Å². The Labute approximate surface area is 185 Å². The Balaban J connectivity index is 1.43. The van der Waals surface area contributed by atoms with E-state index >= 15 is 0 Å². The van der Waals surface area contributed by atoms with Crippen LogP contribution in [-0.4, -0.2) is 40.0 Å². The molecule has 2 aromatic carbocycles. The van der Waals surface area contributed by atoms with E-state index in [0.29, 0.717) is 22.6 Å². The van der Waals surface area contributed by atoms with Gasteiger partial charge in [0.1, 0.15) is 0 Å². The lowest BCUT2D eigenvalue weighted by atomic mass is 10.1. The highest BCUT2D eigenvalue weighted by Crippen LogP contribution is 2.33. The minimum Gasteiger partial charge on any atom is -0.376 e. The summed E-state index contributed by atoms with van der Waals surface area (Å²) in [5.74, 6) is 0.267. The van der Waals surface area contributed by atoms with Gasteiger partial charge in [-0.2, -0.15) is 0 Å². The summed E-state index contributed by atoms with van der Waals surface area (Å²) in [7, 11) is 0. The van der Waals surface area contributed by atoms with Gasteiger partial charge in [-0.15, -0.1) is 0 Å². The highest BCUT2D eigenvalue weighted by atomic mass is 32.2. The van der Waals surface area contributed by atoms with Gasteiger partial charge < -0.3 is 9.64 Å². The van der Waals surface area contributed by atoms with Gasteiger partial charge in [-0.05, 0) is 49.9 Å². The Morgan fingerprint density at radius 3 is 2.84 bits per heavy atom. The number of hydrogen-bond acceptors (Lipinski definition) is 5. The van der Waals surface area contributed by atoms with E-state index in [-0.39, 0.29) is 29.4 Å². The van der Waals surface area contributed by atoms with Gasteiger partial charge in [0, 0.05) is 18.3 Å². The molecular formula is C24H25N3O3S. The van der Waals surface area contributed by atoms with Gasteiger partial charge in [0.25, 0.3) is 5.56 Å². The molecule has 1 fully saturated rings. The Kier molecular flexibility index (Phi) is 5.54. The summed E-state index contributed by atoms with van der Waals surface area (Å²) in [6, 6.07) is 15.6. The summed E-state index contributed by atoms with van der Waals surface area (Å²) in [5, 5.41) is 1.17. The second-order valence-electron chi connectivity index (χ2n) is 8.20. The predicted octanol–water partition coefficient (Wildman–Crippen LogP) is 3.65. The molecule has 2 aliphatic heterocycles. The van der Waals surface area contributed by atoms with Crippen molar-refractivity contribution in [3.8, 4) is 0 Å². The fourth-order valence-electron chi connectivity index (χ4n) is 4.55. The molecule has 31 heavy (non-hydrogen) atoms. The van der Waals surface area contributed by atoms with E-state index in [1.54, 1.807) is 10.6 Å². The molecule has 5 rings (SSSR count). The first-order chi connectivity index (χ1) is 15.1. The number of hydrogen-bond donors (Lipinski definition) is 0. The van der Waals surface area contributed by atoms with Crippen LogP contribution in [0.2, 0.25) is 0 Å². The quantitative estimate of drug-likeness (QED) is 0.452. The van der Waals surface area contributed by atoms with Crippen molar-refractivity contribution in [2.75, 3.05) is 17.3 Å². The first-order valence-electron chi connectivity index (χ1n) is 10.8. The number of anilines is 1. The maximum Gasteiger partial charge on any atom is 0.262 e. The van der Waals surface area contributed by atoms with Gasteiger partial charge in [0.05, 0.1) is 29.3 Å². The van der Waals surface area contributed by atoms with E-state index in [2.05, 4.69) is 13.0 Å². The summed E-state index contributed by atoms with van der Waals surface area (Å²) in [6.07, 6.45) is 2.82. The molecule has 2 atom stereocenters. The van der Waals surface area contributed by atoms with Crippen molar-refractivity contribution >= 4 is 34.3 Å². The number of ether oxygens (including phenoxy) is 1. The van der Waals surface area contributed by atoms with E-state index in [9.17, 15) is 9.59 Å². The lowest BCUT2D eigenvalue weighted by Crippen LogP contribution is -2.37. The van der Waals surface area contributed by atoms with Crippen LogP contribution < -0.4 is 10.5 Å². The zero-order chi connectivity index (χ0) is 21.4. The number of amides is 1. The molecule has 3 aromatic rings. The smallest absolute Gasteiger partial charge is 0.262 e. The van der Waals surface area contributed by atoms with E-state index in [4.69, 9.17) is 9.72 Å². The van der Waals surface area contributed by atoms with Gasteiger partial charge >= 0.3 is 0 Å². The van der Waals surface area contributed by atoms with Crippen LogP contribution in [0.5, 0.6) is 0 Å². The van der Waals surface area contributed by atoms with E-state index in [1.807, 2.05) is 41.3 Å². The summed E-state index contributed by atoms with van der Waals surface area (Å²) < 4.78 is 7.46. The Morgan fingerprint density at radius 2 is 2.00 bits per heavy atom. The average Bonchev–Trinajstić information content (AvgIpc) is 3.41. The fourth-order valence-corrected chi connectivity index (χ4v) is 5.42. The Bertz CT molecular complexity index is 1190. The van der Waals surface area contributed by atoms with Crippen LogP contribution in [0, 0.1) is 0 Å². The molecule has 1 aromatic heterocycles. The molecule has 1 saturated heterocycles. The highest BCUT2D eigenvalue weighted by Gasteiger charge is 2.30. The molecule has 6 nitrogen and oxygen atoms in total. The number of carbonyl (C=O) groups is 1. The monoisotopic (exact) mass is 435 g/mol. The third-order valence-corrected chi connectivity index (χ3v) is 7.00. The van der Waals surface area contributed by atoms with Gasteiger partial charge in [0.2, 0.25) is 5.91 Å². The first-order valence-corrected chi connectivity index (χ1v) is 11.7. The molecule has 0 N–H and O–H groups in total. The second kappa shape index (κ2) is 8.48. The highest BCUT2D eigenvalue weighted by molar-refractivity contribution is 7.99. The molecule has 160 valence electrons. The third kappa shape index (κ3) is 3.88. The molecule has 0 unspecified atom stereocenters. The number of aromatic nitrogens is 2. The first kappa shape index (κ1) is 20.3. The standard InChI is InChI=1S/C24H25N3O3S/c1-16-13-17-7-2-5-11-21(17)27(16)22(28)15-31-24-25-20-10-4-3-9-19(20)23(29)26(24)14-18-8-6-12-30-18/h2-5,7,9-11,16,18H,6,8,12-15H2,1H3/t16-,18-/m1/s1. The van der Waals surface area contributed by atoms with Crippen molar-refractivity contribution in [3.05, 3.63) is 64.4 Å². The lowest BCUT2D eigenvalue weighted by molar-refractivity contribution is -0.116. The van der Waals surface area contributed by atoms with Crippen LogP contribution >= 0.6 is 11.8 Å². The topological polar surface area (TPSA) is 64.4 Å². The maximum atomic E-state index is 13.2. The maximum absolute atomic E-state index is 13.2. The molecule has 0 spiro atoms. The minimum absolute atomic E-state index is 0.0150. The van der Waals surface area contributed by atoms with E-state index < -0.39 is 0 Å². The van der Waals surface area contributed by atoms with Crippen LogP contribution in [0.4, 0.5) is 5.69 Å². The summed E-state index contributed by atoms with van der Waals surface area (Å²) in [6.45, 7) is 3.27. The third-order valence-electron chi connectivity index (χ3n) is 6.04. The minimum atomic E-state index is -0.0732. The van der Waals surface area contributed by atoms with Crippen molar-refractivity contribution in [1.29, 1.82) is 0 Å². The fraction of sp³-hybridized carbons (Fsp3) is 0.375. The molecule has 7 heteroatoms. The van der Waals surface area contributed by atoms with Gasteiger partial charge in [-0.1, -0.05) is 42.1 Å². The Morgan fingerprint density at radius 1 is 1.19 bits per heavy atom. The SMILES string of the molecule is C[C@@H]1Cc2ccccc2N1C(=O)CSc1nc2ccccc2c(=O)n1C[C@H]1CCCO1. The number of nitrogens with zero attached hydrogens (tertiary/aromatic N) is 3. The number of thioether (sulfide) groups is 1. The van der Waals surface area contributed by atoms with Crippen molar-refractivity contribution < 1.29 is 9.53 Å². The molecule has 0 saturated carbocycles. The molecule has 2 aliphatic rings. The number of rotatable bonds is 5. The zero-order valence-electron chi connectivity index (χ0n) is 17.5. The van der Waals surface area contributed by atoms with Gasteiger partial charge in [-0.3, -0.25) is 14.2 Å². The molecule has 0 aliphatic carbocycles. The average molecular weight is 436 g/mol. The van der Waals surface area contributed by atoms with Crippen LogP contribution in [0.25, 0.3) is 10.9 Å². The van der Waals surface area contributed by atoms with Crippen molar-refractivity contribution in [2.45, 2.75) is 50.0 Å². The van der Waals surface area contributed by atoms with E-state index in [1.165, 1.54) is 17.3 Å². The summed E-state index contributed by atoms with van der Waals surface area (Å²) in [5.41, 5.74) is 2.78. The molecule has 1 amide bonds. The zero-order valence-corrected chi connectivity index (χ0v) is 18.3. The van der Waals surface area contributed by atoms with Crippen LogP contribution in [-0.2, 0) is 22.5 Å². The van der Waals surface area contributed by atoms with E-state index in [0.717, 1.165) is 31.6 Å². The van der Waals surface area contributed by atoms with Crippen molar-refractivity contribution in [2.24, 2.45) is 0 Å².